The van der Waals surface area contributed by atoms with Crippen LogP contribution in [0.3, 0.4) is 0 Å². The number of aliphatic hydroxyl groups is 1. The number of rotatable bonds is 8. The average molecular weight is 536 g/mol. The molecule has 13 heteroatoms. The molecule has 3 heterocycles. The molecule has 3 aromatic rings. The number of halogens is 1. The molecule has 0 radical (unpaired) electrons. The molecule has 1 aliphatic rings. The van der Waals surface area contributed by atoms with Crippen LogP contribution in [0.15, 0.2) is 24.5 Å². The van der Waals surface area contributed by atoms with E-state index in [1.807, 2.05) is 0 Å². The number of anilines is 1. The number of ether oxygens (including phenoxy) is 3. The zero-order valence-corrected chi connectivity index (χ0v) is 21.7. The predicted octanol–water partition coefficient (Wildman–Crippen LogP) is 3.31. The molecule has 4 rings (SSSR count). The number of benzene rings is 1. The largest absolute Gasteiger partial charge is 0.497 e. The summed E-state index contributed by atoms with van der Waals surface area (Å²) in [6, 6.07) is 4.82. The topological polar surface area (TPSA) is 138 Å². The number of esters is 1. The van der Waals surface area contributed by atoms with Gasteiger partial charge in [-0.3, -0.25) is 14.7 Å². The summed E-state index contributed by atoms with van der Waals surface area (Å²) in [7, 11) is 2.98. The van der Waals surface area contributed by atoms with Crippen LogP contribution in [-0.2, 0) is 9.53 Å². The Morgan fingerprint density at radius 2 is 2.06 bits per heavy atom. The minimum absolute atomic E-state index is 0.0474. The summed E-state index contributed by atoms with van der Waals surface area (Å²) in [6.07, 6.45) is 1.32. The third-order valence-corrected chi connectivity index (χ3v) is 7.45. The molecule has 3 atom stereocenters. The molecule has 192 valence electrons. The van der Waals surface area contributed by atoms with Crippen LogP contribution in [-0.4, -0.2) is 68.7 Å². The van der Waals surface area contributed by atoms with Gasteiger partial charge in [-0.1, -0.05) is 25.4 Å². The summed E-state index contributed by atoms with van der Waals surface area (Å²) < 4.78 is 18.2. The summed E-state index contributed by atoms with van der Waals surface area (Å²) in [5.41, 5.74) is 0.955. The van der Waals surface area contributed by atoms with E-state index in [0.717, 1.165) is 0 Å². The molecule has 1 aromatic carbocycles. The van der Waals surface area contributed by atoms with Crippen molar-refractivity contribution in [1.29, 1.82) is 0 Å². The van der Waals surface area contributed by atoms with Crippen LogP contribution in [0.5, 0.6) is 11.5 Å². The lowest BCUT2D eigenvalue weighted by Crippen LogP contribution is -2.25. The molecule has 1 amide bonds. The van der Waals surface area contributed by atoms with E-state index in [1.165, 1.54) is 32.3 Å². The fraction of sp³-hybridized carbons (Fsp3) is 0.435. The Balaban J connectivity index is 1.66. The van der Waals surface area contributed by atoms with Crippen LogP contribution in [0.1, 0.15) is 36.0 Å². The third kappa shape index (κ3) is 5.20. The lowest BCUT2D eigenvalue weighted by atomic mass is 10.1. The van der Waals surface area contributed by atoms with Gasteiger partial charge >= 0.3 is 5.97 Å². The number of aromatic nitrogens is 4. The van der Waals surface area contributed by atoms with Gasteiger partial charge in [0, 0.05) is 23.7 Å². The lowest BCUT2D eigenvalue weighted by molar-refractivity contribution is -0.118. The van der Waals surface area contributed by atoms with E-state index >= 15 is 0 Å². The number of methoxy groups -OCH3 is 2. The quantitative estimate of drug-likeness (QED) is 0.326. The van der Waals surface area contributed by atoms with E-state index in [-0.39, 0.29) is 40.3 Å². The number of amides is 1. The first kappa shape index (κ1) is 26.0. The maximum absolute atomic E-state index is 13.1. The molecule has 11 nitrogen and oxygen atoms in total. The molecular weight excluding hydrogens is 510 g/mol. The summed E-state index contributed by atoms with van der Waals surface area (Å²) in [6.45, 7) is 3.40. The SMILES string of the molecule is COc1ccc(C(=O)O[C@@H]2C[C@@H](CO)S[C@H]2n2cnc3c(Cl)nc(NC(=O)C(C)C)nc32)c(OC)c1. The van der Waals surface area contributed by atoms with Gasteiger partial charge in [-0.05, 0) is 12.1 Å². The van der Waals surface area contributed by atoms with Crippen LogP contribution in [0, 0.1) is 5.92 Å². The molecule has 0 saturated carbocycles. The van der Waals surface area contributed by atoms with Gasteiger partial charge in [0.05, 0.1) is 27.2 Å². The number of fused-ring (bicyclic) bond motifs is 1. The van der Waals surface area contributed by atoms with Gasteiger partial charge in [0.15, 0.2) is 10.8 Å². The van der Waals surface area contributed by atoms with Crippen molar-refractivity contribution < 1.29 is 28.9 Å². The summed E-state index contributed by atoms with van der Waals surface area (Å²) in [4.78, 5) is 38.2. The monoisotopic (exact) mass is 535 g/mol. The first-order valence-electron chi connectivity index (χ1n) is 11.2. The average Bonchev–Trinajstić information content (AvgIpc) is 3.47. The molecule has 1 saturated heterocycles. The maximum atomic E-state index is 13.1. The number of carbonyl (C=O) groups excluding carboxylic acids is 2. The molecule has 2 N–H and O–H groups in total. The summed E-state index contributed by atoms with van der Waals surface area (Å²) in [5.74, 6) is -0.204. The van der Waals surface area contributed by atoms with Gasteiger partial charge in [0.1, 0.15) is 34.1 Å². The number of aliphatic hydroxyl groups excluding tert-OH is 1. The maximum Gasteiger partial charge on any atom is 0.342 e. The van der Waals surface area contributed by atoms with Crippen LogP contribution in [0.4, 0.5) is 5.95 Å². The molecule has 0 aliphatic carbocycles. The fourth-order valence-electron chi connectivity index (χ4n) is 3.73. The Morgan fingerprint density at radius 1 is 1.28 bits per heavy atom. The number of nitrogens with one attached hydrogen (secondary N) is 1. The number of thioether (sulfide) groups is 1. The predicted molar refractivity (Wildman–Crippen MR) is 135 cm³/mol. The molecule has 0 spiro atoms. The molecule has 2 aromatic heterocycles. The fourth-order valence-corrected chi connectivity index (χ4v) is 5.35. The van der Waals surface area contributed by atoms with E-state index in [0.29, 0.717) is 29.1 Å². The summed E-state index contributed by atoms with van der Waals surface area (Å²) >= 11 is 7.75. The van der Waals surface area contributed by atoms with Crippen LogP contribution < -0.4 is 14.8 Å². The highest BCUT2D eigenvalue weighted by Crippen LogP contribution is 2.45. The highest BCUT2D eigenvalue weighted by molar-refractivity contribution is 8.00. The van der Waals surface area contributed by atoms with Crippen molar-refractivity contribution in [2.45, 2.75) is 37.0 Å². The lowest BCUT2D eigenvalue weighted by Gasteiger charge is -2.21. The molecule has 1 fully saturated rings. The van der Waals surface area contributed by atoms with Crippen molar-refractivity contribution in [3.8, 4) is 11.5 Å². The van der Waals surface area contributed by atoms with Crippen molar-refractivity contribution >= 4 is 52.4 Å². The molecule has 1 aliphatic heterocycles. The van der Waals surface area contributed by atoms with Crippen LogP contribution >= 0.6 is 23.4 Å². The number of hydrogen-bond donors (Lipinski definition) is 2. The normalized spacial score (nSPS) is 19.5. The van der Waals surface area contributed by atoms with Crippen molar-refractivity contribution in [3.63, 3.8) is 0 Å². The molecular formula is C23H26ClN5O6S. The van der Waals surface area contributed by atoms with Gasteiger partial charge in [-0.25, -0.2) is 9.78 Å². The second kappa shape index (κ2) is 10.9. The van der Waals surface area contributed by atoms with Crippen molar-refractivity contribution in [2.75, 3.05) is 26.1 Å². The van der Waals surface area contributed by atoms with Gasteiger partial charge in [-0.15, -0.1) is 11.8 Å². The summed E-state index contributed by atoms with van der Waals surface area (Å²) in [5, 5.41) is 11.9. The van der Waals surface area contributed by atoms with Gasteiger partial charge in [0.25, 0.3) is 0 Å². The van der Waals surface area contributed by atoms with E-state index in [1.54, 1.807) is 36.6 Å². The zero-order chi connectivity index (χ0) is 26.0. The van der Waals surface area contributed by atoms with E-state index in [9.17, 15) is 14.7 Å². The Morgan fingerprint density at radius 3 is 2.72 bits per heavy atom. The molecule has 36 heavy (non-hydrogen) atoms. The third-order valence-electron chi connectivity index (χ3n) is 5.65. The molecule has 0 bridgehead atoms. The number of nitrogens with zero attached hydrogens (tertiary/aromatic N) is 4. The van der Waals surface area contributed by atoms with E-state index in [2.05, 4.69) is 20.3 Å². The second-order valence-electron chi connectivity index (χ2n) is 8.38. The Bertz CT molecular complexity index is 1290. The van der Waals surface area contributed by atoms with Crippen molar-refractivity contribution in [1.82, 2.24) is 19.5 Å². The number of imidazole rings is 1. The van der Waals surface area contributed by atoms with Gasteiger partial charge < -0.3 is 19.3 Å². The molecule has 0 unspecified atom stereocenters. The van der Waals surface area contributed by atoms with E-state index in [4.69, 9.17) is 25.8 Å². The number of hydrogen-bond acceptors (Lipinski definition) is 10. The Hall–Kier alpha value is -3.09. The smallest absolute Gasteiger partial charge is 0.342 e. The minimum Gasteiger partial charge on any atom is -0.497 e. The first-order valence-corrected chi connectivity index (χ1v) is 12.5. The van der Waals surface area contributed by atoms with E-state index < -0.39 is 17.4 Å². The van der Waals surface area contributed by atoms with Crippen molar-refractivity contribution in [2.24, 2.45) is 5.92 Å². The van der Waals surface area contributed by atoms with Crippen LogP contribution in [0.25, 0.3) is 11.2 Å². The standard InChI is InChI=1S/C23H26ClN5O6S/c1-11(2)20(31)28-23-26-18(24)17-19(27-23)29(10-25-17)21-16(8-13(9-30)36-21)35-22(32)14-6-5-12(33-3)7-15(14)34-4/h5-7,10-11,13,16,21,30H,8-9H2,1-4H3,(H,26,27,28,31)/t13-,16+,21+/m0/s1. The van der Waals surface area contributed by atoms with Gasteiger partial charge in [0.2, 0.25) is 11.9 Å². The minimum atomic E-state index is -0.619. The van der Waals surface area contributed by atoms with Crippen LogP contribution in [0.2, 0.25) is 5.15 Å². The second-order valence-corrected chi connectivity index (χ2v) is 10.2. The van der Waals surface area contributed by atoms with Gasteiger partial charge in [-0.2, -0.15) is 9.97 Å². The highest BCUT2D eigenvalue weighted by Gasteiger charge is 2.40. The van der Waals surface area contributed by atoms with Crippen molar-refractivity contribution in [3.05, 3.63) is 35.2 Å². The zero-order valence-electron chi connectivity index (χ0n) is 20.1. The first-order chi connectivity index (χ1) is 17.2. The Kier molecular flexibility index (Phi) is 7.86. The highest BCUT2D eigenvalue weighted by atomic mass is 35.5. The Labute approximate surface area is 216 Å². The number of carbonyl (C=O) groups is 2.